The van der Waals surface area contributed by atoms with Gasteiger partial charge in [0.05, 0.1) is 12.2 Å². The summed E-state index contributed by atoms with van der Waals surface area (Å²) >= 11 is 0. The van der Waals surface area contributed by atoms with E-state index in [0.717, 1.165) is 25.2 Å². The van der Waals surface area contributed by atoms with Gasteiger partial charge in [-0.3, -0.25) is 9.78 Å². The standard InChI is InChI=1S/C17H20N2O2.ClH/c1-2-12-21-16-7-5-14(6-8-16)9-11-19-17(20)15-4-3-10-18-13-15;/h3-8,10,13H,2,9,11-12H2,1H3,(H,19,20);1H. The second-order valence-electron chi connectivity index (χ2n) is 4.74. The topological polar surface area (TPSA) is 51.2 Å². The van der Waals surface area contributed by atoms with Crippen LogP contribution in [-0.2, 0) is 6.42 Å². The Morgan fingerprint density at radius 1 is 1.23 bits per heavy atom. The fourth-order valence-corrected chi connectivity index (χ4v) is 1.89. The van der Waals surface area contributed by atoms with Crippen LogP contribution in [0, 0.1) is 0 Å². The molecule has 2 rings (SSSR count). The van der Waals surface area contributed by atoms with Crippen molar-refractivity contribution in [3.05, 3.63) is 59.9 Å². The lowest BCUT2D eigenvalue weighted by Crippen LogP contribution is -2.25. The van der Waals surface area contributed by atoms with Crippen molar-refractivity contribution >= 4 is 18.3 Å². The molecule has 0 aliphatic carbocycles. The zero-order valence-electron chi connectivity index (χ0n) is 12.6. The number of benzene rings is 1. The largest absolute Gasteiger partial charge is 0.494 e. The first kappa shape index (κ1) is 18.0. The van der Waals surface area contributed by atoms with Gasteiger partial charge in [0.1, 0.15) is 5.75 Å². The Kier molecular flexibility index (Phi) is 8.00. The van der Waals surface area contributed by atoms with Gasteiger partial charge < -0.3 is 10.1 Å². The van der Waals surface area contributed by atoms with Crippen LogP contribution >= 0.6 is 12.4 Å². The van der Waals surface area contributed by atoms with E-state index in [1.54, 1.807) is 24.5 Å². The Labute approximate surface area is 137 Å². The summed E-state index contributed by atoms with van der Waals surface area (Å²) in [6, 6.07) is 11.5. The van der Waals surface area contributed by atoms with Crippen LogP contribution in [0.2, 0.25) is 0 Å². The minimum absolute atomic E-state index is 0. The maximum atomic E-state index is 11.8. The van der Waals surface area contributed by atoms with Crippen LogP contribution in [0.4, 0.5) is 0 Å². The highest BCUT2D eigenvalue weighted by Crippen LogP contribution is 2.12. The molecular formula is C17H21ClN2O2. The Hall–Kier alpha value is -2.07. The smallest absolute Gasteiger partial charge is 0.252 e. The van der Waals surface area contributed by atoms with E-state index in [1.807, 2.05) is 24.3 Å². The summed E-state index contributed by atoms with van der Waals surface area (Å²) < 4.78 is 5.53. The molecule has 1 N–H and O–H groups in total. The van der Waals surface area contributed by atoms with E-state index in [9.17, 15) is 4.79 Å². The fraction of sp³-hybridized carbons (Fsp3) is 0.294. The van der Waals surface area contributed by atoms with Crippen LogP contribution in [-0.4, -0.2) is 24.0 Å². The number of aromatic nitrogens is 1. The molecule has 0 radical (unpaired) electrons. The van der Waals surface area contributed by atoms with Crippen LogP contribution in [0.5, 0.6) is 5.75 Å². The van der Waals surface area contributed by atoms with E-state index in [0.29, 0.717) is 12.1 Å². The lowest BCUT2D eigenvalue weighted by atomic mass is 10.1. The van der Waals surface area contributed by atoms with Gasteiger partial charge in [-0.2, -0.15) is 0 Å². The van der Waals surface area contributed by atoms with Crippen molar-refractivity contribution in [3.63, 3.8) is 0 Å². The van der Waals surface area contributed by atoms with Gasteiger partial charge in [-0.1, -0.05) is 19.1 Å². The first-order valence-electron chi connectivity index (χ1n) is 7.19. The number of pyridine rings is 1. The third-order valence-electron chi connectivity index (χ3n) is 3.02. The number of rotatable bonds is 7. The van der Waals surface area contributed by atoms with Crippen molar-refractivity contribution in [2.45, 2.75) is 19.8 Å². The van der Waals surface area contributed by atoms with Crippen molar-refractivity contribution in [2.75, 3.05) is 13.2 Å². The van der Waals surface area contributed by atoms with E-state index in [1.165, 1.54) is 5.56 Å². The van der Waals surface area contributed by atoms with Gasteiger partial charge >= 0.3 is 0 Å². The third-order valence-corrected chi connectivity index (χ3v) is 3.02. The van der Waals surface area contributed by atoms with Crippen molar-refractivity contribution < 1.29 is 9.53 Å². The second kappa shape index (κ2) is 9.79. The minimum atomic E-state index is -0.0917. The van der Waals surface area contributed by atoms with Crippen molar-refractivity contribution in [1.29, 1.82) is 0 Å². The molecule has 1 heterocycles. The molecule has 22 heavy (non-hydrogen) atoms. The zero-order chi connectivity index (χ0) is 14.9. The Morgan fingerprint density at radius 3 is 2.64 bits per heavy atom. The number of hydrogen-bond donors (Lipinski definition) is 1. The molecule has 0 aliphatic heterocycles. The van der Waals surface area contributed by atoms with Gasteiger partial charge in [0.2, 0.25) is 0 Å². The molecule has 0 spiro atoms. The molecule has 0 bridgehead atoms. The summed E-state index contributed by atoms with van der Waals surface area (Å²) in [5, 5.41) is 2.89. The SMILES string of the molecule is CCCOc1ccc(CCNC(=O)c2cccnc2)cc1.Cl. The molecule has 1 aromatic heterocycles. The van der Waals surface area contributed by atoms with Gasteiger partial charge in [-0.15, -0.1) is 12.4 Å². The summed E-state index contributed by atoms with van der Waals surface area (Å²) in [7, 11) is 0. The van der Waals surface area contributed by atoms with E-state index < -0.39 is 0 Å². The first-order chi connectivity index (χ1) is 10.3. The van der Waals surface area contributed by atoms with Gasteiger partial charge in [-0.05, 0) is 42.7 Å². The number of ether oxygens (including phenoxy) is 1. The molecule has 4 nitrogen and oxygen atoms in total. The van der Waals surface area contributed by atoms with E-state index in [-0.39, 0.29) is 18.3 Å². The first-order valence-corrected chi connectivity index (χ1v) is 7.19. The lowest BCUT2D eigenvalue weighted by molar-refractivity contribution is 0.0954. The average Bonchev–Trinajstić information content (AvgIpc) is 2.55. The van der Waals surface area contributed by atoms with Crippen molar-refractivity contribution in [2.24, 2.45) is 0 Å². The average molecular weight is 321 g/mol. The molecule has 2 aromatic rings. The lowest BCUT2D eigenvalue weighted by Gasteiger charge is -2.07. The van der Waals surface area contributed by atoms with Crippen molar-refractivity contribution in [1.82, 2.24) is 10.3 Å². The normalized spacial score (nSPS) is 9.68. The number of nitrogens with one attached hydrogen (secondary N) is 1. The predicted molar refractivity (Wildman–Crippen MR) is 89.8 cm³/mol. The molecule has 118 valence electrons. The molecule has 0 atom stereocenters. The third kappa shape index (κ3) is 5.74. The second-order valence-corrected chi connectivity index (χ2v) is 4.74. The molecule has 0 saturated heterocycles. The number of carbonyl (C=O) groups excluding carboxylic acids is 1. The maximum Gasteiger partial charge on any atom is 0.252 e. The highest BCUT2D eigenvalue weighted by atomic mass is 35.5. The Bertz CT molecular complexity index is 559. The van der Waals surface area contributed by atoms with Crippen LogP contribution < -0.4 is 10.1 Å². The number of hydrogen-bond acceptors (Lipinski definition) is 3. The zero-order valence-corrected chi connectivity index (χ0v) is 13.4. The highest BCUT2D eigenvalue weighted by Gasteiger charge is 2.04. The van der Waals surface area contributed by atoms with Gasteiger partial charge in [-0.25, -0.2) is 0 Å². The molecule has 0 fully saturated rings. The predicted octanol–water partition coefficient (Wildman–Crippen LogP) is 3.26. The Balaban J connectivity index is 0.00000242. The minimum Gasteiger partial charge on any atom is -0.494 e. The van der Waals surface area contributed by atoms with Gasteiger partial charge in [0, 0.05) is 18.9 Å². The summed E-state index contributed by atoms with van der Waals surface area (Å²) in [5.41, 5.74) is 1.76. The van der Waals surface area contributed by atoms with E-state index in [2.05, 4.69) is 17.2 Å². The molecule has 0 saturated carbocycles. The summed E-state index contributed by atoms with van der Waals surface area (Å²) in [4.78, 5) is 15.8. The van der Waals surface area contributed by atoms with E-state index in [4.69, 9.17) is 4.74 Å². The molecular weight excluding hydrogens is 300 g/mol. The van der Waals surface area contributed by atoms with Gasteiger partial charge in [0.15, 0.2) is 0 Å². The molecule has 0 aliphatic rings. The Morgan fingerprint density at radius 2 is 2.00 bits per heavy atom. The quantitative estimate of drug-likeness (QED) is 0.852. The van der Waals surface area contributed by atoms with Crippen LogP contribution in [0.1, 0.15) is 29.3 Å². The summed E-state index contributed by atoms with van der Waals surface area (Å²) in [5.74, 6) is 0.797. The van der Waals surface area contributed by atoms with Gasteiger partial charge in [0.25, 0.3) is 5.91 Å². The molecule has 0 unspecified atom stereocenters. The van der Waals surface area contributed by atoms with Crippen LogP contribution in [0.3, 0.4) is 0 Å². The number of carbonyl (C=O) groups is 1. The molecule has 5 heteroatoms. The summed E-state index contributed by atoms with van der Waals surface area (Å²) in [6.45, 7) is 3.42. The molecule has 1 aromatic carbocycles. The van der Waals surface area contributed by atoms with Crippen LogP contribution in [0.15, 0.2) is 48.8 Å². The van der Waals surface area contributed by atoms with Crippen LogP contribution in [0.25, 0.3) is 0 Å². The maximum absolute atomic E-state index is 11.8. The number of halogens is 1. The fourth-order valence-electron chi connectivity index (χ4n) is 1.89. The number of nitrogens with zero attached hydrogens (tertiary/aromatic N) is 1. The van der Waals surface area contributed by atoms with E-state index >= 15 is 0 Å². The highest BCUT2D eigenvalue weighted by molar-refractivity contribution is 5.93. The molecule has 1 amide bonds. The summed E-state index contributed by atoms with van der Waals surface area (Å²) in [6.07, 6.45) is 5.01. The van der Waals surface area contributed by atoms with Crippen molar-refractivity contribution in [3.8, 4) is 5.75 Å². The number of amides is 1. The monoisotopic (exact) mass is 320 g/mol.